The molecule has 1 aromatic carbocycles. The van der Waals surface area contributed by atoms with Crippen LogP contribution >= 0.6 is 15.9 Å². The molecule has 0 bridgehead atoms. The van der Waals surface area contributed by atoms with Crippen molar-refractivity contribution in [3.8, 4) is 5.75 Å². The van der Waals surface area contributed by atoms with E-state index < -0.39 is 29.8 Å². The predicted octanol–water partition coefficient (Wildman–Crippen LogP) is 4.66. The number of hydrogen-bond acceptors (Lipinski definition) is 6. The van der Waals surface area contributed by atoms with Crippen molar-refractivity contribution in [2.75, 3.05) is 13.2 Å². The van der Waals surface area contributed by atoms with Crippen LogP contribution in [0.3, 0.4) is 0 Å². The summed E-state index contributed by atoms with van der Waals surface area (Å²) in [6.45, 7) is 3.78. The van der Waals surface area contributed by atoms with E-state index in [1.54, 1.807) is 12.1 Å². The van der Waals surface area contributed by atoms with Gasteiger partial charge in [-0.25, -0.2) is 0 Å². The first kappa shape index (κ1) is 30.1. The average Bonchev–Trinajstić information content (AvgIpc) is 3.11. The number of amides is 2. The highest BCUT2D eigenvalue weighted by atomic mass is 79.9. The van der Waals surface area contributed by atoms with Crippen LogP contribution in [0.1, 0.15) is 70.8 Å². The fraction of sp³-hybridized carbons (Fsp3) is 0.552. The molecule has 9 heteroatoms. The number of benzene rings is 1. The summed E-state index contributed by atoms with van der Waals surface area (Å²) in [6, 6.07) is 5.21. The molecule has 0 saturated carbocycles. The molecule has 0 spiro atoms. The zero-order valence-electron chi connectivity index (χ0n) is 22.0. The summed E-state index contributed by atoms with van der Waals surface area (Å²) < 4.78 is 0.852. The molecule has 1 heterocycles. The van der Waals surface area contributed by atoms with Gasteiger partial charge in [-0.05, 0) is 69.2 Å². The van der Waals surface area contributed by atoms with Gasteiger partial charge in [0.1, 0.15) is 5.75 Å². The third-order valence-corrected chi connectivity index (χ3v) is 8.28. The minimum Gasteiger partial charge on any atom is -0.507 e. The highest BCUT2D eigenvalue weighted by molar-refractivity contribution is 9.10. The predicted molar refractivity (Wildman–Crippen MR) is 147 cm³/mol. The monoisotopic (exact) mass is 591 g/mol. The Morgan fingerprint density at radius 2 is 1.92 bits per heavy atom. The lowest BCUT2D eigenvalue weighted by molar-refractivity contribution is -0.141. The number of hydrogen-bond donors (Lipinski definition) is 4. The number of carbonyl (C=O) groups is 3. The van der Waals surface area contributed by atoms with Gasteiger partial charge in [0.05, 0.1) is 24.5 Å². The summed E-state index contributed by atoms with van der Waals surface area (Å²) in [5.41, 5.74) is 3.23. The molecule has 2 aliphatic rings. The molecule has 4 N–H and O–H groups in total. The van der Waals surface area contributed by atoms with Crippen LogP contribution in [0.4, 0.5) is 0 Å². The van der Waals surface area contributed by atoms with Crippen molar-refractivity contribution in [1.82, 2.24) is 4.90 Å². The number of carboxylic acids is 1. The van der Waals surface area contributed by atoms with Crippen molar-refractivity contribution < 1.29 is 34.8 Å². The van der Waals surface area contributed by atoms with E-state index >= 15 is 0 Å². The number of allylic oxidation sites excluding steroid dienone is 2. The number of unbranched alkanes of at least 4 members (excludes halogenated alkanes) is 2. The number of aliphatic hydroxyl groups is 2. The Morgan fingerprint density at radius 1 is 1.18 bits per heavy atom. The lowest BCUT2D eigenvalue weighted by Crippen LogP contribution is -2.39. The van der Waals surface area contributed by atoms with Gasteiger partial charge in [-0.2, -0.15) is 0 Å². The second kappa shape index (κ2) is 13.5. The Labute approximate surface area is 232 Å². The minimum absolute atomic E-state index is 0.0586. The number of aromatic hydroxyl groups is 1. The molecule has 3 rings (SSSR count). The molecule has 1 saturated heterocycles. The minimum atomic E-state index is -0.868. The van der Waals surface area contributed by atoms with Crippen LogP contribution < -0.4 is 0 Å². The maximum atomic E-state index is 13.3. The van der Waals surface area contributed by atoms with Crippen LogP contribution in [0.2, 0.25) is 0 Å². The number of fused-ring (bicyclic) bond motifs is 1. The fourth-order valence-electron chi connectivity index (χ4n) is 5.82. The molecule has 4 atom stereocenters. The lowest BCUT2D eigenvalue weighted by Gasteiger charge is -2.35. The number of imide groups is 1. The zero-order valence-corrected chi connectivity index (χ0v) is 23.6. The molecule has 2 amide bonds. The fourth-order valence-corrected chi connectivity index (χ4v) is 6.19. The van der Waals surface area contributed by atoms with Crippen LogP contribution in [0.25, 0.3) is 6.08 Å². The Kier molecular flexibility index (Phi) is 10.7. The number of aliphatic hydroxyl groups excluding tert-OH is 2. The molecule has 38 heavy (non-hydrogen) atoms. The van der Waals surface area contributed by atoms with Gasteiger partial charge in [0, 0.05) is 28.9 Å². The first-order chi connectivity index (χ1) is 18.1. The molecule has 0 unspecified atom stereocenters. The van der Waals surface area contributed by atoms with Crippen LogP contribution in [0.5, 0.6) is 5.75 Å². The van der Waals surface area contributed by atoms with Gasteiger partial charge < -0.3 is 20.4 Å². The number of likely N-dealkylation sites (tertiary alicyclic amines) is 1. The molecule has 1 aliphatic heterocycles. The van der Waals surface area contributed by atoms with E-state index in [4.69, 9.17) is 5.11 Å². The summed E-state index contributed by atoms with van der Waals surface area (Å²) in [5, 5.41) is 40.5. The van der Waals surface area contributed by atoms with E-state index in [2.05, 4.69) is 15.9 Å². The van der Waals surface area contributed by atoms with E-state index in [9.17, 15) is 29.7 Å². The molecule has 1 aromatic rings. The Hall–Kier alpha value is -2.49. The number of rotatable bonds is 13. The molecule has 0 aromatic heterocycles. The number of carbonyl (C=O) groups excluding carboxylic acids is 2. The summed E-state index contributed by atoms with van der Waals surface area (Å²) in [5.74, 6) is -3.10. The second-order valence-corrected chi connectivity index (χ2v) is 11.2. The summed E-state index contributed by atoms with van der Waals surface area (Å²) in [4.78, 5) is 38.4. The van der Waals surface area contributed by atoms with Crippen molar-refractivity contribution in [2.45, 2.75) is 71.3 Å². The van der Waals surface area contributed by atoms with E-state index in [1.165, 1.54) is 4.90 Å². The number of phenols is 1. The first-order valence-corrected chi connectivity index (χ1v) is 14.1. The number of halogens is 1. The maximum Gasteiger partial charge on any atom is 0.303 e. The van der Waals surface area contributed by atoms with Gasteiger partial charge in [-0.1, -0.05) is 46.5 Å². The summed E-state index contributed by atoms with van der Waals surface area (Å²) in [7, 11) is 0. The second-order valence-electron chi connectivity index (χ2n) is 10.3. The van der Waals surface area contributed by atoms with Crippen molar-refractivity contribution in [3.05, 3.63) is 45.0 Å². The zero-order chi connectivity index (χ0) is 28.0. The van der Waals surface area contributed by atoms with Gasteiger partial charge in [0.15, 0.2) is 0 Å². The SMILES string of the molecule is CC/C(=C\c1cc(Br)ccc1O)CC[C@@H](O)C1=C(C)C[C@H]2C(=O)N(CCCCCC(=O)O)C(=O)[C@H]2[C@H]1CO. The number of carboxylic acid groups (broad SMARTS) is 1. The molecule has 8 nitrogen and oxygen atoms in total. The maximum absolute atomic E-state index is 13.3. The van der Waals surface area contributed by atoms with Gasteiger partial charge in [-0.15, -0.1) is 0 Å². The van der Waals surface area contributed by atoms with Crippen LogP contribution in [0, 0.1) is 17.8 Å². The van der Waals surface area contributed by atoms with Gasteiger partial charge in [-0.3, -0.25) is 19.3 Å². The first-order valence-electron chi connectivity index (χ1n) is 13.3. The molecular weight excluding hydrogens is 554 g/mol. The topological polar surface area (TPSA) is 135 Å². The van der Waals surface area contributed by atoms with E-state index in [1.807, 2.05) is 26.0 Å². The van der Waals surface area contributed by atoms with Crippen molar-refractivity contribution in [2.24, 2.45) is 17.8 Å². The highest BCUT2D eigenvalue weighted by Gasteiger charge is 2.54. The Balaban J connectivity index is 1.70. The van der Waals surface area contributed by atoms with Gasteiger partial charge in [0.25, 0.3) is 0 Å². The smallest absolute Gasteiger partial charge is 0.303 e. The average molecular weight is 593 g/mol. The van der Waals surface area contributed by atoms with Gasteiger partial charge in [0.2, 0.25) is 11.8 Å². The molecule has 1 aliphatic carbocycles. The normalized spacial score (nSPS) is 22.7. The van der Waals surface area contributed by atoms with Crippen LogP contribution in [0.15, 0.2) is 39.4 Å². The van der Waals surface area contributed by atoms with E-state index in [-0.39, 0.29) is 37.1 Å². The molecule has 0 radical (unpaired) electrons. The quantitative estimate of drug-likeness (QED) is 0.149. The Morgan fingerprint density at radius 3 is 2.58 bits per heavy atom. The van der Waals surface area contributed by atoms with Gasteiger partial charge >= 0.3 is 5.97 Å². The third-order valence-electron chi connectivity index (χ3n) is 7.79. The lowest BCUT2D eigenvalue weighted by atomic mass is 9.68. The third kappa shape index (κ3) is 6.93. The standard InChI is InChI=1S/C29H38BrNO7/c1-3-18(14-19-15-20(30)9-11-23(19)33)8-10-24(34)26-17(2)13-21-27(22(26)16-32)29(38)31(28(21)37)12-6-4-5-7-25(35)36/h9,11,14-15,21-22,24,27,32-34H,3-8,10,12-13,16H2,1-2H3,(H,35,36)/b18-14+/t21-,22+,24-,27-/m1/s1. The highest BCUT2D eigenvalue weighted by Crippen LogP contribution is 2.46. The van der Waals surface area contributed by atoms with Crippen LogP contribution in [-0.2, 0) is 14.4 Å². The number of nitrogens with zero attached hydrogens (tertiary/aromatic N) is 1. The van der Waals surface area contributed by atoms with Crippen molar-refractivity contribution in [1.29, 1.82) is 0 Å². The van der Waals surface area contributed by atoms with Crippen LogP contribution in [-0.4, -0.2) is 62.4 Å². The number of phenolic OH excluding ortho intramolecular Hbond substituents is 1. The number of aliphatic carboxylic acids is 1. The summed E-state index contributed by atoms with van der Waals surface area (Å²) >= 11 is 3.42. The molecule has 208 valence electrons. The Bertz CT molecular complexity index is 1110. The molecular formula is C29H38BrNO7. The van der Waals surface area contributed by atoms with Crippen molar-refractivity contribution >= 4 is 39.8 Å². The van der Waals surface area contributed by atoms with Crippen molar-refractivity contribution in [3.63, 3.8) is 0 Å². The summed E-state index contributed by atoms with van der Waals surface area (Å²) in [6.07, 6.45) is 4.81. The van der Waals surface area contributed by atoms with E-state index in [0.717, 1.165) is 22.0 Å². The molecule has 1 fully saturated rings. The largest absolute Gasteiger partial charge is 0.507 e. The van der Waals surface area contributed by atoms with E-state index in [0.29, 0.717) is 49.7 Å².